The van der Waals surface area contributed by atoms with Gasteiger partial charge in [0.05, 0.1) is 12.2 Å². The number of esters is 1. The van der Waals surface area contributed by atoms with Gasteiger partial charge in [-0.05, 0) is 54.4 Å². The number of rotatable bonds is 5. The van der Waals surface area contributed by atoms with Crippen LogP contribution in [0.1, 0.15) is 28.0 Å². The summed E-state index contributed by atoms with van der Waals surface area (Å²) in [6, 6.07) is 10.1. The third kappa shape index (κ3) is 3.85. The van der Waals surface area contributed by atoms with Crippen LogP contribution >= 0.6 is 0 Å². The van der Waals surface area contributed by atoms with E-state index in [1.807, 2.05) is 0 Å². The van der Waals surface area contributed by atoms with Crippen molar-refractivity contribution in [1.29, 1.82) is 0 Å². The Morgan fingerprint density at radius 1 is 1.11 bits per heavy atom. The molecule has 2 aromatic carbocycles. The van der Waals surface area contributed by atoms with Gasteiger partial charge in [-0.2, -0.15) is 0 Å². The van der Waals surface area contributed by atoms with Crippen LogP contribution in [-0.4, -0.2) is 35.5 Å². The summed E-state index contributed by atoms with van der Waals surface area (Å²) in [6.45, 7) is 2.76. The van der Waals surface area contributed by atoms with Crippen molar-refractivity contribution >= 4 is 16.9 Å². The molecule has 4 rings (SSSR count). The van der Waals surface area contributed by atoms with Gasteiger partial charge in [-0.3, -0.25) is 4.90 Å². The second-order valence-corrected chi connectivity index (χ2v) is 6.79. The summed E-state index contributed by atoms with van der Waals surface area (Å²) >= 11 is 0. The van der Waals surface area contributed by atoms with Crippen molar-refractivity contribution in [3.8, 4) is 0 Å². The molecule has 0 atom stereocenters. The van der Waals surface area contributed by atoms with E-state index in [1.165, 1.54) is 36.0 Å². The van der Waals surface area contributed by atoms with Crippen LogP contribution < -0.4 is 0 Å². The van der Waals surface area contributed by atoms with E-state index in [4.69, 9.17) is 4.74 Å². The van der Waals surface area contributed by atoms with Crippen LogP contribution in [0.5, 0.6) is 0 Å². The van der Waals surface area contributed by atoms with Gasteiger partial charge >= 0.3 is 5.97 Å². The SMILES string of the molecule is O=C(OCCCN1CCc2[nH]c3ccc(F)cc3c2C1)c1ccc(F)cc1. The van der Waals surface area contributed by atoms with Gasteiger partial charge in [0, 0.05) is 42.7 Å². The molecule has 1 N–H and O–H groups in total. The maximum absolute atomic E-state index is 13.6. The van der Waals surface area contributed by atoms with Crippen LogP contribution in [0.25, 0.3) is 10.9 Å². The van der Waals surface area contributed by atoms with Crippen LogP contribution in [0.4, 0.5) is 8.78 Å². The maximum Gasteiger partial charge on any atom is 0.338 e. The smallest absolute Gasteiger partial charge is 0.338 e. The Bertz CT molecular complexity index is 966. The molecule has 0 unspecified atom stereocenters. The molecule has 1 aromatic heterocycles. The average Bonchev–Trinajstić information content (AvgIpc) is 3.03. The number of carbonyl (C=O) groups is 1. The van der Waals surface area contributed by atoms with Crippen LogP contribution in [0.15, 0.2) is 42.5 Å². The van der Waals surface area contributed by atoms with Gasteiger partial charge in [0.2, 0.25) is 0 Å². The van der Waals surface area contributed by atoms with Gasteiger partial charge in [-0.25, -0.2) is 13.6 Å². The molecule has 0 bridgehead atoms. The van der Waals surface area contributed by atoms with E-state index in [9.17, 15) is 13.6 Å². The molecule has 0 saturated carbocycles. The van der Waals surface area contributed by atoms with Crippen molar-refractivity contribution in [3.63, 3.8) is 0 Å². The molecule has 140 valence electrons. The summed E-state index contributed by atoms with van der Waals surface area (Å²) in [6.07, 6.45) is 1.60. The van der Waals surface area contributed by atoms with Crippen LogP contribution in [0.3, 0.4) is 0 Å². The van der Waals surface area contributed by atoms with E-state index in [2.05, 4.69) is 9.88 Å². The quantitative estimate of drug-likeness (QED) is 0.544. The molecule has 0 amide bonds. The zero-order chi connectivity index (χ0) is 18.8. The third-order valence-electron chi connectivity index (χ3n) is 4.95. The molecule has 1 aliphatic rings. The number of benzene rings is 2. The maximum atomic E-state index is 13.6. The monoisotopic (exact) mass is 370 g/mol. The molecule has 0 radical (unpaired) electrons. The molecule has 6 heteroatoms. The minimum absolute atomic E-state index is 0.228. The van der Waals surface area contributed by atoms with Crippen molar-refractivity contribution < 1.29 is 18.3 Å². The van der Waals surface area contributed by atoms with Gasteiger partial charge in [-0.15, -0.1) is 0 Å². The predicted octanol–water partition coefficient (Wildman–Crippen LogP) is 4.05. The molecule has 0 fully saturated rings. The van der Waals surface area contributed by atoms with Gasteiger partial charge < -0.3 is 9.72 Å². The number of hydrogen-bond donors (Lipinski definition) is 1. The normalized spacial score (nSPS) is 14.3. The lowest BCUT2D eigenvalue weighted by atomic mass is 10.0. The molecule has 1 aliphatic heterocycles. The van der Waals surface area contributed by atoms with Crippen molar-refractivity contribution in [2.75, 3.05) is 19.7 Å². The standard InChI is InChI=1S/C21H20F2N2O2/c22-15-4-2-14(3-5-15)21(26)27-11-1-9-25-10-8-20-18(13-25)17-12-16(23)6-7-19(17)24-20/h2-7,12,24H,1,8-11,13H2. The molecular formula is C21H20F2N2O2. The Balaban J connectivity index is 1.30. The van der Waals surface area contributed by atoms with Gasteiger partial charge in [0.25, 0.3) is 0 Å². The van der Waals surface area contributed by atoms with Gasteiger partial charge in [0.15, 0.2) is 0 Å². The van der Waals surface area contributed by atoms with Crippen molar-refractivity contribution in [2.45, 2.75) is 19.4 Å². The lowest BCUT2D eigenvalue weighted by Gasteiger charge is -2.27. The summed E-state index contributed by atoms with van der Waals surface area (Å²) in [7, 11) is 0. The molecule has 4 nitrogen and oxygen atoms in total. The second kappa shape index (κ2) is 7.48. The second-order valence-electron chi connectivity index (χ2n) is 6.79. The lowest BCUT2D eigenvalue weighted by Crippen LogP contribution is -2.31. The Morgan fingerprint density at radius 2 is 1.89 bits per heavy atom. The molecule has 0 aliphatic carbocycles. The first-order valence-electron chi connectivity index (χ1n) is 9.04. The third-order valence-corrected chi connectivity index (χ3v) is 4.95. The highest BCUT2D eigenvalue weighted by Gasteiger charge is 2.20. The number of aromatic nitrogens is 1. The first kappa shape index (κ1) is 17.7. The summed E-state index contributed by atoms with van der Waals surface area (Å²) in [5.74, 6) is -1.05. The highest BCUT2D eigenvalue weighted by molar-refractivity contribution is 5.89. The molecule has 0 saturated heterocycles. The van der Waals surface area contributed by atoms with E-state index in [1.54, 1.807) is 12.1 Å². The minimum Gasteiger partial charge on any atom is -0.462 e. The number of halogens is 2. The Kier molecular flexibility index (Phi) is 4.90. The Hall–Kier alpha value is -2.73. The summed E-state index contributed by atoms with van der Waals surface area (Å²) < 4.78 is 31.7. The lowest BCUT2D eigenvalue weighted by molar-refractivity contribution is 0.0486. The van der Waals surface area contributed by atoms with Crippen molar-refractivity contribution in [3.05, 3.63) is 70.9 Å². The van der Waals surface area contributed by atoms with Crippen LogP contribution in [0, 0.1) is 11.6 Å². The van der Waals surface area contributed by atoms with Crippen molar-refractivity contribution in [1.82, 2.24) is 9.88 Å². The number of hydrogen-bond acceptors (Lipinski definition) is 3. The zero-order valence-electron chi connectivity index (χ0n) is 14.8. The molecule has 0 spiro atoms. The number of nitrogens with zero attached hydrogens (tertiary/aromatic N) is 1. The van der Waals surface area contributed by atoms with Crippen LogP contribution in [-0.2, 0) is 17.7 Å². The topological polar surface area (TPSA) is 45.3 Å². The number of fused-ring (bicyclic) bond motifs is 3. The van der Waals surface area contributed by atoms with Crippen LogP contribution in [0.2, 0.25) is 0 Å². The zero-order valence-corrected chi connectivity index (χ0v) is 14.8. The fourth-order valence-corrected chi connectivity index (χ4v) is 3.56. The largest absolute Gasteiger partial charge is 0.462 e. The first-order chi connectivity index (χ1) is 13.1. The number of ether oxygens (including phenoxy) is 1. The molecule has 27 heavy (non-hydrogen) atoms. The fourth-order valence-electron chi connectivity index (χ4n) is 3.56. The van der Waals surface area contributed by atoms with Gasteiger partial charge in [0.1, 0.15) is 11.6 Å². The number of H-pyrrole nitrogens is 1. The summed E-state index contributed by atoms with van der Waals surface area (Å²) in [5.41, 5.74) is 3.64. The Morgan fingerprint density at radius 3 is 2.70 bits per heavy atom. The van der Waals surface area contributed by atoms with Gasteiger partial charge in [-0.1, -0.05) is 0 Å². The highest BCUT2D eigenvalue weighted by atomic mass is 19.1. The Labute approximate surface area is 155 Å². The van der Waals surface area contributed by atoms with Crippen molar-refractivity contribution in [2.24, 2.45) is 0 Å². The first-order valence-corrected chi connectivity index (χ1v) is 9.04. The molecular weight excluding hydrogens is 350 g/mol. The minimum atomic E-state index is -0.442. The predicted molar refractivity (Wildman–Crippen MR) is 98.5 cm³/mol. The highest BCUT2D eigenvalue weighted by Crippen LogP contribution is 2.28. The van der Waals surface area contributed by atoms with E-state index in [-0.39, 0.29) is 11.6 Å². The summed E-state index contributed by atoms with van der Waals surface area (Å²) in [5, 5.41) is 0.942. The van der Waals surface area contributed by atoms with E-state index in [0.29, 0.717) is 18.6 Å². The molecule has 3 aromatic rings. The number of carbonyl (C=O) groups excluding carboxylic acids is 1. The average molecular weight is 370 g/mol. The molecule has 2 heterocycles. The number of nitrogens with one attached hydrogen (secondary N) is 1. The summed E-state index contributed by atoms with van der Waals surface area (Å²) in [4.78, 5) is 17.6. The van der Waals surface area contributed by atoms with E-state index >= 15 is 0 Å². The van der Waals surface area contributed by atoms with E-state index in [0.717, 1.165) is 42.5 Å². The fraction of sp³-hybridized carbons (Fsp3) is 0.286. The number of aromatic amines is 1. The van der Waals surface area contributed by atoms with E-state index < -0.39 is 5.97 Å².